The van der Waals surface area contributed by atoms with Crippen LogP contribution in [0.2, 0.25) is 0 Å². The number of amides is 1. The van der Waals surface area contributed by atoms with Gasteiger partial charge in [0.25, 0.3) is 0 Å². The molecule has 1 fully saturated rings. The lowest BCUT2D eigenvalue weighted by molar-refractivity contribution is -0.117. The highest BCUT2D eigenvalue weighted by Gasteiger charge is 2.20. The monoisotopic (exact) mass is 381 g/mol. The Morgan fingerprint density at radius 3 is 2.86 bits per heavy atom. The number of rotatable bonds is 6. The van der Waals surface area contributed by atoms with Gasteiger partial charge in [0.2, 0.25) is 11.9 Å². The van der Waals surface area contributed by atoms with Crippen molar-refractivity contribution in [3.63, 3.8) is 0 Å². The van der Waals surface area contributed by atoms with Gasteiger partial charge in [-0.25, -0.2) is 9.97 Å². The predicted molar refractivity (Wildman–Crippen MR) is 110 cm³/mol. The smallest absolute Gasteiger partial charge is 0.244 e. The second kappa shape index (κ2) is 9.32. The Kier molecular flexibility index (Phi) is 6.60. The number of phenols is 1. The van der Waals surface area contributed by atoms with Crippen molar-refractivity contribution in [3.8, 4) is 5.75 Å². The molecule has 1 aliphatic rings. The minimum atomic E-state index is -0.110. The van der Waals surface area contributed by atoms with Gasteiger partial charge in [-0.2, -0.15) is 0 Å². The molecular formula is C21H27N5O2. The van der Waals surface area contributed by atoms with Gasteiger partial charge in [0.05, 0.1) is 0 Å². The van der Waals surface area contributed by atoms with E-state index in [0.717, 1.165) is 43.6 Å². The normalized spacial score (nSPS) is 17.6. The lowest BCUT2D eigenvalue weighted by Gasteiger charge is -2.33. The van der Waals surface area contributed by atoms with Gasteiger partial charge < -0.3 is 15.3 Å². The van der Waals surface area contributed by atoms with Crippen LogP contribution in [0.15, 0.2) is 42.7 Å². The van der Waals surface area contributed by atoms with E-state index in [-0.39, 0.29) is 17.7 Å². The second-order valence-corrected chi connectivity index (χ2v) is 7.30. The Balaban J connectivity index is 1.50. The predicted octanol–water partition coefficient (Wildman–Crippen LogP) is 2.04. The molecule has 1 amide bonds. The van der Waals surface area contributed by atoms with E-state index in [0.29, 0.717) is 5.95 Å². The topological polar surface area (TPSA) is 81.6 Å². The van der Waals surface area contributed by atoms with Crippen molar-refractivity contribution in [1.29, 1.82) is 0 Å². The van der Waals surface area contributed by atoms with Crippen molar-refractivity contribution in [2.75, 3.05) is 32.1 Å². The molecule has 3 rings (SSSR count). The maximum Gasteiger partial charge on any atom is 0.244 e. The average Bonchev–Trinajstić information content (AvgIpc) is 2.67. The summed E-state index contributed by atoms with van der Waals surface area (Å²) >= 11 is 0. The minimum absolute atomic E-state index is 0.110. The molecule has 0 spiro atoms. The highest BCUT2D eigenvalue weighted by atomic mass is 16.3. The van der Waals surface area contributed by atoms with E-state index in [1.807, 2.05) is 31.1 Å². The molecule has 28 heavy (non-hydrogen) atoms. The molecule has 1 saturated heterocycles. The van der Waals surface area contributed by atoms with Gasteiger partial charge in [-0.3, -0.25) is 9.69 Å². The number of piperidine rings is 1. The zero-order valence-corrected chi connectivity index (χ0v) is 16.4. The molecule has 1 aromatic heterocycles. The Hall–Kier alpha value is -2.93. The number of anilines is 1. The van der Waals surface area contributed by atoms with Crippen LogP contribution in [0.25, 0.3) is 6.08 Å². The number of hydrogen-bond acceptors (Lipinski definition) is 6. The molecule has 7 nitrogen and oxygen atoms in total. The number of likely N-dealkylation sites (tertiary alicyclic amines) is 1. The van der Waals surface area contributed by atoms with Gasteiger partial charge in [0.15, 0.2) is 0 Å². The highest BCUT2D eigenvalue weighted by Crippen LogP contribution is 2.17. The van der Waals surface area contributed by atoms with Crippen molar-refractivity contribution >= 4 is 17.9 Å². The molecule has 1 unspecified atom stereocenters. The third kappa shape index (κ3) is 5.79. The summed E-state index contributed by atoms with van der Waals surface area (Å²) in [6.07, 6.45) is 8.65. The largest absolute Gasteiger partial charge is 0.508 e. The standard InChI is InChI=1S/C21H27N5O2/c1-25(2)21-22-12-17(13-23-21)8-9-20(28)24-18-6-4-10-26(15-18)14-16-5-3-7-19(27)11-16/h3,5,7-9,11-13,18,27H,4,6,10,14-15H2,1-2H3,(H,24,28)/b9-8+. The maximum atomic E-state index is 12.3. The van der Waals surface area contributed by atoms with Gasteiger partial charge in [0, 0.05) is 57.3 Å². The fourth-order valence-electron chi connectivity index (χ4n) is 3.30. The molecule has 0 bridgehead atoms. The van der Waals surface area contributed by atoms with Crippen molar-refractivity contribution in [3.05, 3.63) is 53.9 Å². The number of aromatic nitrogens is 2. The summed E-state index contributed by atoms with van der Waals surface area (Å²) in [6, 6.07) is 7.44. The third-order valence-corrected chi connectivity index (χ3v) is 4.65. The molecule has 1 atom stereocenters. The number of nitrogens with one attached hydrogen (secondary N) is 1. The van der Waals surface area contributed by atoms with Gasteiger partial charge in [0.1, 0.15) is 5.75 Å². The Bertz CT molecular complexity index is 820. The van der Waals surface area contributed by atoms with Gasteiger partial charge in [-0.15, -0.1) is 0 Å². The summed E-state index contributed by atoms with van der Waals surface area (Å²) in [5.41, 5.74) is 1.86. The van der Waals surface area contributed by atoms with E-state index in [4.69, 9.17) is 0 Å². The summed E-state index contributed by atoms with van der Waals surface area (Å²) in [6.45, 7) is 2.56. The van der Waals surface area contributed by atoms with E-state index >= 15 is 0 Å². The highest BCUT2D eigenvalue weighted by molar-refractivity contribution is 5.91. The summed E-state index contributed by atoms with van der Waals surface area (Å²) in [5.74, 6) is 0.809. The van der Waals surface area contributed by atoms with Crippen molar-refractivity contribution < 1.29 is 9.90 Å². The minimum Gasteiger partial charge on any atom is -0.508 e. The second-order valence-electron chi connectivity index (χ2n) is 7.30. The molecule has 0 radical (unpaired) electrons. The van der Waals surface area contributed by atoms with E-state index in [1.54, 1.807) is 30.6 Å². The first-order valence-corrected chi connectivity index (χ1v) is 9.48. The number of carbonyl (C=O) groups is 1. The summed E-state index contributed by atoms with van der Waals surface area (Å²) in [5, 5.41) is 12.7. The summed E-state index contributed by atoms with van der Waals surface area (Å²) in [4.78, 5) is 24.9. The lowest BCUT2D eigenvalue weighted by atomic mass is 10.0. The Morgan fingerprint density at radius 2 is 2.14 bits per heavy atom. The van der Waals surface area contributed by atoms with Crippen LogP contribution < -0.4 is 10.2 Å². The number of benzene rings is 1. The molecule has 1 aromatic carbocycles. The fraction of sp³-hybridized carbons (Fsp3) is 0.381. The van der Waals surface area contributed by atoms with E-state index in [2.05, 4.69) is 20.2 Å². The SMILES string of the molecule is CN(C)c1ncc(/C=C/C(=O)NC2CCCN(Cc3cccc(O)c3)C2)cn1. The molecule has 0 saturated carbocycles. The van der Waals surface area contributed by atoms with Crippen LogP contribution in [0.1, 0.15) is 24.0 Å². The molecule has 7 heteroatoms. The number of aromatic hydroxyl groups is 1. The molecule has 0 aliphatic carbocycles. The molecule has 2 N–H and O–H groups in total. The summed E-state index contributed by atoms with van der Waals surface area (Å²) in [7, 11) is 3.76. The average molecular weight is 381 g/mol. The first kappa shape index (κ1) is 19.8. The van der Waals surface area contributed by atoms with Crippen molar-refractivity contribution in [1.82, 2.24) is 20.2 Å². The maximum absolute atomic E-state index is 12.3. The summed E-state index contributed by atoms with van der Waals surface area (Å²) < 4.78 is 0. The Labute approximate surface area is 165 Å². The van der Waals surface area contributed by atoms with Crippen molar-refractivity contribution in [2.45, 2.75) is 25.4 Å². The molecule has 148 valence electrons. The van der Waals surface area contributed by atoms with Crippen LogP contribution >= 0.6 is 0 Å². The van der Waals surface area contributed by atoms with Crippen LogP contribution in [0.4, 0.5) is 5.95 Å². The van der Waals surface area contributed by atoms with Crippen LogP contribution in [0.3, 0.4) is 0 Å². The van der Waals surface area contributed by atoms with Crippen LogP contribution in [0, 0.1) is 0 Å². The quantitative estimate of drug-likeness (QED) is 0.746. The molecule has 2 aromatic rings. The molecule has 2 heterocycles. The van der Waals surface area contributed by atoms with E-state index in [9.17, 15) is 9.90 Å². The Morgan fingerprint density at radius 1 is 1.36 bits per heavy atom. The zero-order chi connectivity index (χ0) is 19.9. The number of nitrogens with zero attached hydrogens (tertiary/aromatic N) is 4. The van der Waals surface area contributed by atoms with Crippen LogP contribution in [-0.4, -0.2) is 59.1 Å². The van der Waals surface area contributed by atoms with Crippen LogP contribution in [-0.2, 0) is 11.3 Å². The first-order chi connectivity index (χ1) is 13.5. The fourth-order valence-corrected chi connectivity index (χ4v) is 3.30. The van der Waals surface area contributed by atoms with E-state index < -0.39 is 0 Å². The molecular weight excluding hydrogens is 354 g/mol. The zero-order valence-electron chi connectivity index (χ0n) is 16.4. The molecule has 1 aliphatic heterocycles. The van der Waals surface area contributed by atoms with Gasteiger partial charge in [-0.05, 0) is 43.2 Å². The van der Waals surface area contributed by atoms with Gasteiger partial charge >= 0.3 is 0 Å². The van der Waals surface area contributed by atoms with Gasteiger partial charge in [-0.1, -0.05) is 12.1 Å². The lowest BCUT2D eigenvalue weighted by Crippen LogP contribution is -2.46. The van der Waals surface area contributed by atoms with E-state index in [1.165, 1.54) is 6.08 Å². The first-order valence-electron chi connectivity index (χ1n) is 9.48. The van der Waals surface area contributed by atoms with Crippen molar-refractivity contribution in [2.24, 2.45) is 0 Å². The number of phenolic OH excluding ortho intramolecular Hbond substituents is 1. The third-order valence-electron chi connectivity index (χ3n) is 4.65. The van der Waals surface area contributed by atoms with Crippen LogP contribution in [0.5, 0.6) is 5.75 Å². The number of carbonyl (C=O) groups excluding carboxylic acids is 1. The number of hydrogen-bond donors (Lipinski definition) is 2.